The van der Waals surface area contributed by atoms with Gasteiger partial charge in [0, 0.05) is 25.2 Å². The Balaban J connectivity index is 1.58. The molecule has 3 N–H and O–H groups in total. The van der Waals surface area contributed by atoms with E-state index in [9.17, 15) is 5.11 Å². The van der Waals surface area contributed by atoms with Gasteiger partial charge in [-0.3, -0.25) is 0 Å². The second kappa shape index (κ2) is 8.97. The lowest BCUT2D eigenvalue weighted by Gasteiger charge is -2.46. The van der Waals surface area contributed by atoms with Crippen LogP contribution in [0.15, 0.2) is 18.2 Å². The molecule has 2 aromatic rings. The van der Waals surface area contributed by atoms with Crippen LogP contribution in [0.1, 0.15) is 30.7 Å². The number of aromatic nitrogens is 2. The zero-order valence-corrected chi connectivity index (χ0v) is 18.9. The molecule has 0 radical (unpaired) electrons. The third-order valence-corrected chi connectivity index (χ3v) is 7.36. The topological polar surface area (TPSA) is 78.5 Å². The third kappa shape index (κ3) is 4.16. The Hall–Kier alpha value is -1.44. The molecule has 162 valence electrons. The number of hydrogen-bond acceptors (Lipinski definition) is 6. The van der Waals surface area contributed by atoms with E-state index in [0.717, 1.165) is 49.6 Å². The first-order valence-corrected chi connectivity index (χ1v) is 11.3. The van der Waals surface area contributed by atoms with Crippen molar-refractivity contribution in [3.8, 4) is 11.3 Å². The van der Waals surface area contributed by atoms with E-state index in [1.807, 2.05) is 19.1 Å². The standard InChI is InChI=1S/C22H29Cl2N5O/c1-15-20(16-4-2-5-17(23)19(16)24)27-18(12-30)21(26-15)29-10-6-22(13-25,7-11-29)14-28-8-3-9-28/h2,4-5,30H,3,6-14,25H2,1H3. The number of anilines is 1. The number of nitrogens with zero attached hydrogens (tertiary/aromatic N) is 4. The zero-order chi connectivity index (χ0) is 21.3. The third-order valence-electron chi connectivity index (χ3n) is 6.54. The van der Waals surface area contributed by atoms with E-state index in [1.165, 1.54) is 19.5 Å². The van der Waals surface area contributed by atoms with Crippen molar-refractivity contribution in [2.45, 2.75) is 32.8 Å². The summed E-state index contributed by atoms with van der Waals surface area (Å²) in [5.41, 5.74) is 9.09. The molecule has 30 heavy (non-hydrogen) atoms. The van der Waals surface area contributed by atoms with Crippen LogP contribution >= 0.6 is 23.2 Å². The smallest absolute Gasteiger partial charge is 0.153 e. The molecule has 0 bridgehead atoms. The summed E-state index contributed by atoms with van der Waals surface area (Å²) in [7, 11) is 0. The number of aryl methyl sites for hydroxylation is 1. The minimum atomic E-state index is -0.180. The van der Waals surface area contributed by atoms with Crippen molar-refractivity contribution >= 4 is 29.0 Å². The van der Waals surface area contributed by atoms with Gasteiger partial charge in [-0.15, -0.1) is 0 Å². The normalized spacial score (nSPS) is 19.0. The highest BCUT2D eigenvalue weighted by atomic mass is 35.5. The maximum atomic E-state index is 10.0. The average Bonchev–Trinajstić information content (AvgIpc) is 2.73. The van der Waals surface area contributed by atoms with E-state index in [-0.39, 0.29) is 12.0 Å². The minimum absolute atomic E-state index is 0.174. The summed E-state index contributed by atoms with van der Waals surface area (Å²) in [4.78, 5) is 14.3. The van der Waals surface area contributed by atoms with Crippen LogP contribution in [0.5, 0.6) is 0 Å². The van der Waals surface area contributed by atoms with Crippen molar-refractivity contribution in [2.24, 2.45) is 11.1 Å². The van der Waals surface area contributed by atoms with Crippen LogP contribution in [0.2, 0.25) is 10.0 Å². The van der Waals surface area contributed by atoms with Gasteiger partial charge in [-0.2, -0.15) is 0 Å². The quantitative estimate of drug-likeness (QED) is 0.702. The minimum Gasteiger partial charge on any atom is -0.390 e. The van der Waals surface area contributed by atoms with E-state index in [2.05, 4.69) is 9.80 Å². The summed E-state index contributed by atoms with van der Waals surface area (Å²) in [5.74, 6) is 0.756. The van der Waals surface area contributed by atoms with Crippen molar-refractivity contribution in [2.75, 3.05) is 44.2 Å². The van der Waals surface area contributed by atoms with Gasteiger partial charge in [0.05, 0.1) is 28.0 Å². The van der Waals surface area contributed by atoms with Crippen LogP contribution in [-0.4, -0.2) is 59.2 Å². The van der Waals surface area contributed by atoms with Crippen LogP contribution in [0.25, 0.3) is 11.3 Å². The largest absolute Gasteiger partial charge is 0.390 e. The fourth-order valence-electron chi connectivity index (χ4n) is 4.48. The molecule has 0 saturated carbocycles. The summed E-state index contributed by atoms with van der Waals surface area (Å²) in [5, 5.41) is 11.0. The van der Waals surface area contributed by atoms with E-state index < -0.39 is 0 Å². The Bertz CT molecular complexity index is 911. The van der Waals surface area contributed by atoms with Crippen molar-refractivity contribution in [1.29, 1.82) is 0 Å². The summed E-state index contributed by atoms with van der Waals surface area (Å²) >= 11 is 12.6. The molecule has 1 aromatic carbocycles. The van der Waals surface area contributed by atoms with E-state index in [4.69, 9.17) is 38.9 Å². The second-order valence-corrected chi connectivity index (χ2v) is 9.29. The highest BCUT2D eigenvalue weighted by Gasteiger charge is 2.37. The Labute approximate surface area is 188 Å². The Kier molecular flexibility index (Phi) is 6.51. The number of benzene rings is 1. The maximum Gasteiger partial charge on any atom is 0.153 e. The number of halogens is 2. The molecule has 3 heterocycles. The SMILES string of the molecule is Cc1nc(N2CCC(CN)(CN3CCC3)CC2)c(CO)nc1-c1cccc(Cl)c1Cl. The molecule has 8 heteroatoms. The molecule has 0 amide bonds. The van der Waals surface area contributed by atoms with Gasteiger partial charge in [0.1, 0.15) is 5.69 Å². The van der Waals surface area contributed by atoms with E-state index >= 15 is 0 Å². The molecule has 4 rings (SSSR count). The first kappa shape index (κ1) is 21.8. The number of hydrogen-bond donors (Lipinski definition) is 2. The number of aliphatic hydroxyl groups is 1. The molecule has 0 spiro atoms. The van der Waals surface area contributed by atoms with Gasteiger partial charge in [0.25, 0.3) is 0 Å². The molecule has 2 aliphatic rings. The molecule has 0 atom stereocenters. The van der Waals surface area contributed by atoms with Crippen molar-refractivity contribution in [3.63, 3.8) is 0 Å². The molecular formula is C22H29Cl2N5O. The number of nitrogens with two attached hydrogens (primary N) is 1. The molecule has 2 fully saturated rings. The molecule has 1 aromatic heterocycles. The Morgan fingerprint density at radius 2 is 1.87 bits per heavy atom. The Morgan fingerprint density at radius 1 is 1.13 bits per heavy atom. The monoisotopic (exact) mass is 449 g/mol. The summed E-state index contributed by atoms with van der Waals surface area (Å²) in [6.45, 7) is 7.65. The highest BCUT2D eigenvalue weighted by Crippen LogP contribution is 2.37. The first-order valence-electron chi connectivity index (χ1n) is 10.6. The Morgan fingerprint density at radius 3 is 2.47 bits per heavy atom. The molecule has 0 aliphatic carbocycles. The lowest BCUT2D eigenvalue weighted by molar-refractivity contribution is 0.0818. The van der Waals surface area contributed by atoms with Crippen LogP contribution < -0.4 is 10.6 Å². The van der Waals surface area contributed by atoms with Crippen molar-refractivity contribution in [1.82, 2.24) is 14.9 Å². The van der Waals surface area contributed by atoms with Gasteiger partial charge in [-0.1, -0.05) is 35.3 Å². The molecule has 0 unspecified atom stereocenters. The number of likely N-dealkylation sites (tertiary alicyclic amines) is 1. The summed E-state index contributed by atoms with van der Waals surface area (Å²) in [6.07, 6.45) is 3.34. The summed E-state index contributed by atoms with van der Waals surface area (Å²) in [6, 6.07) is 5.46. The van der Waals surface area contributed by atoms with Crippen molar-refractivity contribution < 1.29 is 5.11 Å². The second-order valence-electron chi connectivity index (χ2n) is 8.51. The van der Waals surface area contributed by atoms with Crippen LogP contribution in [0.3, 0.4) is 0 Å². The van der Waals surface area contributed by atoms with Crippen molar-refractivity contribution in [3.05, 3.63) is 39.6 Å². The zero-order valence-electron chi connectivity index (χ0n) is 17.4. The predicted octanol–water partition coefficient (Wildman–Crippen LogP) is 3.50. The van der Waals surface area contributed by atoms with Gasteiger partial charge < -0.3 is 20.6 Å². The predicted molar refractivity (Wildman–Crippen MR) is 122 cm³/mol. The number of rotatable bonds is 6. The van der Waals surface area contributed by atoms with Gasteiger partial charge in [0.15, 0.2) is 5.82 Å². The average molecular weight is 450 g/mol. The van der Waals surface area contributed by atoms with E-state index in [1.54, 1.807) is 6.07 Å². The molecule has 2 saturated heterocycles. The number of aliphatic hydroxyl groups excluding tert-OH is 1. The van der Waals surface area contributed by atoms with Gasteiger partial charge in [-0.25, -0.2) is 9.97 Å². The fraction of sp³-hybridized carbons (Fsp3) is 0.545. The maximum absolute atomic E-state index is 10.0. The number of piperidine rings is 1. The molecule has 6 nitrogen and oxygen atoms in total. The summed E-state index contributed by atoms with van der Waals surface area (Å²) < 4.78 is 0. The van der Waals surface area contributed by atoms with Crippen LogP contribution in [-0.2, 0) is 6.61 Å². The fourth-order valence-corrected chi connectivity index (χ4v) is 4.87. The van der Waals surface area contributed by atoms with Gasteiger partial charge >= 0.3 is 0 Å². The van der Waals surface area contributed by atoms with E-state index in [0.29, 0.717) is 28.0 Å². The van der Waals surface area contributed by atoms with Crippen LogP contribution in [0.4, 0.5) is 5.82 Å². The molecular weight excluding hydrogens is 421 g/mol. The highest BCUT2D eigenvalue weighted by molar-refractivity contribution is 6.43. The molecule has 2 aliphatic heterocycles. The lowest BCUT2D eigenvalue weighted by Crippen LogP contribution is -2.53. The van der Waals surface area contributed by atoms with Crippen LogP contribution in [0, 0.1) is 12.3 Å². The van der Waals surface area contributed by atoms with Gasteiger partial charge in [-0.05, 0) is 57.3 Å². The first-order chi connectivity index (χ1) is 14.5. The lowest BCUT2D eigenvalue weighted by atomic mass is 9.77. The van der Waals surface area contributed by atoms with Gasteiger partial charge in [0.2, 0.25) is 0 Å².